The van der Waals surface area contributed by atoms with Crippen molar-refractivity contribution in [2.75, 3.05) is 6.61 Å². The zero-order chi connectivity index (χ0) is 21.4. The Bertz CT molecular complexity index is 830. The lowest BCUT2D eigenvalue weighted by molar-refractivity contribution is 0.104. The third-order valence-corrected chi connectivity index (χ3v) is 3.99. The lowest BCUT2D eigenvalue weighted by Gasteiger charge is -2.18. The lowest BCUT2D eigenvalue weighted by Crippen LogP contribution is -2.10. The molecule has 0 heterocycles. The van der Waals surface area contributed by atoms with Gasteiger partial charge in [-0.1, -0.05) is 18.7 Å². The van der Waals surface area contributed by atoms with Gasteiger partial charge in [-0.25, -0.2) is 0 Å². The summed E-state index contributed by atoms with van der Waals surface area (Å²) in [6.07, 6.45) is 5.11. The normalized spacial score (nSPS) is 11.1. The van der Waals surface area contributed by atoms with Gasteiger partial charge in [-0.2, -0.15) is 0 Å². The van der Waals surface area contributed by atoms with Crippen molar-refractivity contribution in [3.05, 3.63) is 71.8 Å². The number of carbonyl (C=O) groups excluding carboxylic acids is 1. The molecule has 2 aromatic rings. The molecule has 4 heteroatoms. The Hall–Kier alpha value is -3.01. The number of benzene rings is 2. The van der Waals surface area contributed by atoms with Crippen LogP contribution in [0.1, 0.15) is 49.2 Å². The first kappa shape index (κ1) is 22.3. The van der Waals surface area contributed by atoms with Gasteiger partial charge in [0.1, 0.15) is 23.9 Å². The zero-order valence-electron chi connectivity index (χ0n) is 17.9. The van der Waals surface area contributed by atoms with Gasteiger partial charge in [-0.3, -0.25) is 4.79 Å². The molecule has 0 bridgehead atoms. The minimum atomic E-state index is -0.0847. The molecule has 0 aliphatic carbocycles. The summed E-state index contributed by atoms with van der Waals surface area (Å²) in [5, 5.41) is 0. The topological polar surface area (TPSA) is 44.8 Å². The van der Waals surface area contributed by atoms with E-state index in [-0.39, 0.29) is 18.0 Å². The van der Waals surface area contributed by atoms with Gasteiger partial charge in [0.2, 0.25) is 0 Å². The maximum absolute atomic E-state index is 12.5. The summed E-state index contributed by atoms with van der Waals surface area (Å²) in [5.74, 6) is 2.14. The van der Waals surface area contributed by atoms with Crippen LogP contribution in [0.2, 0.25) is 0 Å². The first-order valence-corrected chi connectivity index (χ1v) is 9.84. The third-order valence-electron chi connectivity index (χ3n) is 3.99. The molecule has 4 nitrogen and oxygen atoms in total. The Labute approximate surface area is 173 Å². The Balaban J connectivity index is 2.23. The summed E-state index contributed by atoms with van der Waals surface area (Å²) in [4.78, 5) is 12.5. The predicted molar refractivity (Wildman–Crippen MR) is 118 cm³/mol. The first-order chi connectivity index (χ1) is 13.8. The SMILES string of the molecule is C=CCOc1ccc(C(=O)C=Cc2cc(OC(C)C)c(C)c(OC(C)C)c2)cc1. The number of hydrogen-bond acceptors (Lipinski definition) is 4. The minimum absolute atomic E-state index is 0.0447. The number of rotatable bonds is 10. The molecule has 0 aliphatic rings. The van der Waals surface area contributed by atoms with Crippen LogP contribution in [-0.4, -0.2) is 24.6 Å². The van der Waals surface area contributed by atoms with Crippen molar-refractivity contribution in [1.82, 2.24) is 0 Å². The molecule has 154 valence electrons. The molecule has 0 fully saturated rings. The molecule has 2 rings (SSSR count). The summed E-state index contributed by atoms with van der Waals surface area (Å²) in [6.45, 7) is 14.0. The number of carbonyl (C=O) groups is 1. The first-order valence-electron chi connectivity index (χ1n) is 9.84. The van der Waals surface area contributed by atoms with Crippen LogP contribution in [0, 0.1) is 6.92 Å². The van der Waals surface area contributed by atoms with E-state index >= 15 is 0 Å². The van der Waals surface area contributed by atoms with Crippen molar-refractivity contribution in [3.63, 3.8) is 0 Å². The molecular weight excluding hydrogens is 364 g/mol. The van der Waals surface area contributed by atoms with Crippen LogP contribution < -0.4 is 14.2 Å². The fourth-order valence-corrected chi connectivity index (χ4v) is 2.67. The molecule has 0 aromatic heterocycles. The number of hydrogen-bond donors (Lipinski definition) is 0. The molecule has 0 amide bonds. The highest BCUT2D eigenvalue weighted by Crippen LogP contribution is 2.32. The van der Waals surface area contributed by atoms with Crippen molar-refractivity contribution in [2.45, 2.75) is 46.8 Å². The second kappa shape index (κ2) is 10.5. The van der Waals surface area contributed by atoms with E-state index in [1.807, 2.05) is 46.8 Å². The highest BCUT2D eigenvalue weighted by atomic mass is 16.5. The highest BCUT2D eigenvalue weighted by Gasteiger charge is 2.12. The van der Waals surface area contributed by atoms with Crippen LogP contribution in [0.3, 0.4) is 0 Å². The fraction of sp³-hybridized carbons (Fsp3) is 0.320. The molecule has 0 aliphatic heterocycles. The number of ketones is 1. The van der Waals surface area contributed by atoms with Crippen molar-refractivity contribution in [3.8, 4) is 17.2 Å². The molecule has 0 unspecified atom stereocenters. The summed E-state index contributed by atoms with van der Waals surface area (Å²) < 4.78 is 17.3. The number of allylic oxidation sites excluding steroid dienone is 1. The van der Waals surface area contributed by atoms with E-state index in [1.54, 1.807) is 42.5 Å². The highest BCUT2D eigenvalue weighted by molar-refractivity contribution is 6.06. The van der Waals surface area contributed by atoms with Crippen LogP contribution in [0.25, 0.3) is 6.08 Å². The van der Waals surface area contributed by atoms with Crippen molar-refractivity contribution < 1.29 is 19.0 Å². The second-order valence-corrected chi connectivity index (χ2v) is 7.30. The van der Waals surface area contributed by atoms with Gasteiger partial charge in [0.25, 0.3) is 0 Å². The van der Waals surface area contributed by atoms with Crippen molar-refractivity contribution >= 4 is 11.9 Å². The quantitative estimate of drug-likeness (QED) is 0.280. The van der Waals surface area contributed by atoms with Gasteiger partial charge in [0.05, 0.1) is 12.2 Å². The van der Waals surface area contributed by atoms with Crippen LogP contribution >= 0.6 is 0 Å². The molecule has 0 radical (unpaired) electrons. The van der Waals surface area contributed by atoms with E-state index in [0.29, 0.717) is 17.9 Å². The average Bonchev–Trinajstić information content (AvgIpc) is 2.67. The summed E-state index contributed by atoms with van der Waals surface area (Å²) in [7, 11) is 0. The van der Waals surface area contributed by atoms with Gasteiger partial charge in [-0.05, 0) is 82.7 Å². The van der Waals surface area contributed by atoms with Gasteiger partial charge < -0.3 is 14.2 Å². The largest absolute Gasteiger partial charge is 0.491 e. The van der Waals surface area contributed by atoms with E-state index in [1.165, 1.54) is 0 Å². The Morgan fingerprint density at radius 1 is 1.00 bits per heavy atom. The molecule has 0 N–H and O–H groups in total. The van der Waals surface area contributed by atoms with Crippen molar-refractivity contribution in [2.24, 2.45) is 0 Å². The van der Waals surface area contributed by atoms with Gasteiger partial charge in [0.15, 0.2) is 5.78 Å². The predicted octanol–water partition coefficient (Wildman–Crippen LogP) is 6.03. The average molecular weight is 395 g/mol. The minimum Gasteiger partial charge on any atom is -0.491 e. The molecule has 0 saturated carbocycles. The Morgan fingerprint density at radius 3 is 2.03 bits per heavy atom. The zero-order valence-corrected chi connectivity index (χ0v) is 17.9. The summed E-state index contributed by atoms with van der Waals surface area (Å²) in [6, 6.07) is 10.9. The van der Waals surface area contributed by atoms with E-state index in [9.17, 15) is 4.79 Å². The second-order valence-electron chi connectivity index (χ2n) is 7.30. The lowest BCUT2D eigenvalue weighted by atomic mass is 10.1. The van der Waals surface area contributed by atoms with Crippen LogP contribution in [-0.2, 0) is 0 Å². The molecule has 2 aromatic carbocycles. The van der Waals surface area contributed by atoms with Gasteiger partial charge in [0, 0.05) is 11.1 Å². The molecular formula is C25H30O4. The smallest absolute Gasteiger partial charge is 0.185 e. The molecule has 0 saturated heterocycles. The van der Waals surface area contributed by atoms with Crippen molar-refractivity contribution in [1.29, 1.82) is 0 Å². The molecule has 0 atom stereocenters. The maximum atomic E-state index is 12.5. The van der Waals surface area contributed by atoms with E-state index in [4.69, 9.17) is 14.2 Å². The van der Waals surface area contributed by atoms with Crippen LogP contribution in [0.15, 0.2) is 55.1 Å². The Kier molecular flexibility index (Phi) is 8.08. The summed E-state index contributed by atoms with van der Waals surface area (Å²) in [5.41, 5.74) is 2.39. The van der Waals surface area contributed by atoms with Gasteiger partial charge in [-0.15, -0.1) is 0 Å². The monoisotopic (exact) mass is 394 g/mol. The van der Waals surface area contributed by atoms with E-state index in [2.05, 4.69) is 6.58 Å². The number of ether oxygens (including phenoxy) is 3. The van der Waals surface area contributed by atoms with Crippen LogP contribution in [0.4, 0.5) is 0 Å². The third kappa shape index (κ3) is 6.83. The maximum Gasteiger partial charge on any atom is 0.185 e. The summed E-state index contributed by atoms with van der Waals surface area (Å²) >= 11 is 0. The van der Waals surface area contributed by atoms with Gasteiger partial charge >= 0.3 is 0 Å². The standard InChI is InChI=1S/C25H30O4/c1-7-14-27-22-11-9-21(10-12-22)23(26)13-8-20-15-24(28-17(2)3)19(6)25(16-20)29-18(4)5/h7-13,15-18H,1,14H2,2-6H3. The molecule has 0 spiro atoms. The Morgan fingerprint density at radius 2 is 1.55 bits per heavy atom. The van der Waals surface area contributed by atoms with Crippen LogP contribution in [0.5, 0.6) is 17.2 Å². The fourth-order valence-electron chi connectivity index (χ4n) is 2.67. The molecule has 29 heavy (non-hydrogen) atoms. The van der Waals surface area contributed by atoms with E-state index < -0.39 is 0 Å². The van der Waals surface area contributed by atoms with E-state index in [0.717, 1.165) is 22.6 Å².